The Kier molecular flexibility index (Phi) is 9.64. The first kappa shape index (κ1) is 24.1. The van der Waals surface area contributed by atoms with Gasteiger partial charge in [-0.2, -0.15) is 4.68 Å². The van der Waals surface area contributed by atoms with Crippen molar-refractivity contribution >= 4 is 36.7 Å². The second-order valence-corrected chi connectivity index (χ2v) is 7.13. The summed E-state index contributed by atoms with van der Waals surface area (Å²) >= 11 is 0. The van der Waals surface area contributed by atoms with E-state index in [1.54, 1.807) is 4.68 Å². The molecule has 156 valence electrons. The summed E-state index contributed by atoms with van der Waals surface area (Å²) in [6.07, 6.45) is 2.79. The summed E-state index contributed by atoms with van der Waals surface area (Å²) < 4.78 is 1.60. The number of anilines is 1. The predicted octanol–water partition coefficient (Wildman–Crippen LogP) is 2.20. The number of tetrazole rings is 1. The summed E-state index contributed by atoms with van der Waals surface area (Å²) in [7, 11) is 0. The number of carbonyl (C=O) groups is 1. The van der Waals surface area contributed by atoms with Crippen LogP contribution in [0.25, 0.3) is 5.69 Å². The molecule has 1 atom stereocenters. The molecule has 0 saturated carbocycles. The van der Waals surface area contributed by atoms with E-state index in [2.05, 4.69) is 38.4 Å². The van der Waals surface area contributed by atoms with Crippen LogP contribution in [0, 0.1) is 5.41 Å². The number of nitrogens with one attached hydrogen (secondary N) is 3. The highest BCUT2D eigenvalue weighted by molar-refractivity contribution is 5.85. The van der Waals surface area contributed by atoms with Gasteiger partial charge in [-0.3, -0.25) is 4.79 Å². The van der Waals surface area contributed by atoms with Gasteiger partial charge in [0.2, 0.25) is 11.9 Å². The van der Waals surface area contributed by atoms with E-state index in [1.165, 1.54) is 0 Å². The van der Waals surface area contributed by atoms with Gasteiger partial charge in [0.15, 0.2) is 0 Å². The first-order valence-corrected chi connectivity index (χ1v) is 9.20. The molecule has 1 unspecified atom stereocenters. The Morgan fingerprint density at radius 1 is 1.25 bits per heavy atom. The van der Waals surface area contributed by atoms with Crippen molar-refractivity contribution < 1.29 is 4.79 Å². The molecule has 3 N–H and O–H groups in total. The fourth-order valence-electron chi connectivity index (χ4n) is 3.16. The number of amides is 1. The van der Waals surface area contributed by atoms with Crippen molar-refractivity contribution in [1.29, 1.82) is 0 Å². The molecule has 1 aliphatic heterocycles. The molecule has 8 nitrogen and oxygen atoms in total. The largest absolute Gasteiger partial charge is 0.354 e. The Morgan fingerprint density at radius 2 is 1.93 bits per heavy atom. The Morgan fingerprint density at radius 3 is 2.57 bits per heavy atom. The van der Waals surface area contributed by atoms with Crippen LogP contribution in [0.15, 0.2) is 30.3 Å². The molecule has 28 heavy (non-hydrogen) atoms. The molecule has 1 saturated heterocycles. The lowest BCUT2D eigenvalue weighted by molar-refractivity contribution is -0.122. The molecule has 10 heteroatoms. The maximum Gasteiger partial charge on any atom is 0.248 e. The van der Waals surface area contributed by atoms with E-state index in [0.29, 0.717) is 18.9 Å². The quantitative estimate of drug-likeness (QED) is 0.623. The zero-order valence-corrected chi connectivity index (χ0v) is 17.9. The monoisotopic (exact) mass is 429 g/mol. The zero-order valence-electron chi connectivity index (χ0n) is 16.2. The topological polar surface area (TPSA) is 96.8 Å². The Labute approximate surface area is 178 Å². The van der Waals surface area contributed by atoms with Gasteiger partial charge in [0.1, 0.15) is 6.04 Å². The molecule has 1 aliphatic rings. The second-order valence-electron chi connectivity index (χ2n) is 7.13. The Hall–Kier alpha value is -1.90. The fraction of sp³-hybridized carbons (Fsp3) is 0.556. The van der Waals surface area contributed by atoms with Crippen molar-refractivity contribution in [3.63, 3.8) is 0 Å². The molecule has 2 heterocycles. The molecule has 0 bridgehead atoms. The summed E-state index contributed by atoms with van der Waals surface area (Å²) in [5.41, 5.74) is 1.00. The number of para-hydroxylation sites is 1. The third kappa shape index (κ3) is 6.05. The first-order chi connectivity index (χ1) is 12.6. The lowest BCUT2D eigenvalue weighted by Gasteiger charge is -2.34. The third-order valence-corrected chi connectivity index (χ3v) is 5.00. The number of halogens is 2. The highest BCUT2D eigenvalue weighted by atomic mass is 35.5. The van der Waals surface area contributed by atoms with E-state index in [4.69, 9.17) is 0 Å². The number of benzene rings is 1. The van der Waals surface area contributed by atoms with Crippen molar-refractivity contribution in [2.24, 2.45) is 5.41 Å². The van der Waals surface area contributed by atoms with Crippen molar-refractivity contribution in [2.45, 2.75) is 39.2 Å². The van der Waals surface area contributed by atoms with Crippen molar-refractivity contribution in [1.82, 2.24) is 30.8 Å². The van der Waals surface area contributed by atoms with E-state index < -0.39 is 0 Å². The third-order valence-electron chi connectivity index (χ3n) is 5.00. The van der Waals surface area contributed by atoms with Gasteiger partial charge in [0.05, 0.1) is 5.69 Å². The minimum atomic E-state index is -0.381. The number of rotatable bonds is 7. The van der Waals surface area contributed by atoms with Gasteiger partial charge in [0, 0.05) is 6.54 Å². The molecule has 1 aromatic carbocycles. The molecule has 3 rings (SSSR count). The average Bonchev–Trinajstić information content (AvgIpc) is 3.14. The van der Waals surface area contributed by atoms with E-state index in [0.717, 1.165) is 31.6 Å². The highest BCUT2D eigenvalue weighted by Crippen LogP contribution is 2.26. The van der Waals surface area contributed by atoms with Crippen molar-refractivity contribution in [2.75, 3.05) is 25.0 Å². The van der Waals surface area contributed by atoms with Gasteiger partial charge < -0.3 is 16.0 Å². The molecular formula is C18H29Cl2N7O. The van der Waals surface area contributed by atoms with Gasteiger partial charge in [-0.1, -0.05) is 37.1 Å². The molecule has 2 aromatic rings. The van der Waals surface area contributed by atoms with Gasteiger partial charge in [-0.05, 0) is 60.3 Å². The van der Waals surface area contributed by atoms with Crippen LogP contribution in [-0.2, 0) is 4.79 Å². The zero-order chi connectivity index (χ0) is 18.4. The smallest absolute Gasteiger partial charge is 0.248 e. The molecular weight excluding hydrogens is 401 g/mol. The lowest BCUT2D eigenvalue weighted by atomic mass is 9.81. The van der Waals surface area contributed by atoms with E-state index >= 15 is 0 Å². The van der Waals surface area contributed by atoms with Crippen LogP contribution in [0.5, 0.6) is 0 Å². The Balaban J connectivity index is 0.00000196. The fourth-order valence-corrected chi connectivity index (χ4v) is 3.16. The van der Waals surface area contributed by atoms with Crippen LogP contribution in [-0.4, -0.2) is 51.8 Å². The number of hydrogen-bond donors (Lipinski definition) is 3. The first-order valence-electron chi connectivity index (χ1n) is 9.20. The van der Waals surface area contributed by atoms with Gasteiger partial charge >= 0.3 is 0 Å². The van der Waals surface area contributed by atoms with Crippen LogP contribution in [0.3, 0.4) is 0 Å². The van der Waals surface area contributed by atoms with Crippen LogP contribution in [0.2, 0.25) is 0 Å². The number of aromatic nitrogens is 4. The summed E-state index contributed by atoms with van der Waals surface area (Å²) in [5, 5.41) is 21.4. The normalized spacial score (nSPS) is 16.2. The molecule has 0 aliphatic carbocycles. The van der Waals surface area contributed by atoms with Crippen LogP contribution >= 0.6 is 24.8 Å². The van der Waals surface area contributed by atoms with Gasteiger partial charge in [-0.25, -0.2) is 0 Å². The molecule has 1 aromatic heterocycles. The maximum absolute atomic E-state index is 12.7. The predicted molar refractivity (Wildman–Crippen MR) is 115 cm³/mol. The van der Waals surface area contributed by atoms with E-state index in [1.807, 2.05) is 37.3 Å². The number of nitrogens with zero attached hydrogens (tertiary/aromatic N) is 4. The molecule has 0 radical (unpaired) electrons. The Bertz CT molecular complexity index is 720. The van der Waals surface area contributed by atoms with Crippen LogP contribution in [0.1, 0.15) is 33.1 Å². The van der Waals surface area contributed by atoms with Crippen LogP contribution in [0.4, 0.5) is 5.95 Å². The minimum Gasteiger partial charge on any atom is -0.354 e. The minimum absolute atomic E-state index is 0. The van der Waals surface area contributed by atoms with Gasteiger partial charge in [0.25, 0.3) is 0 Å². The summed E-state index contributed by atoms with van der Waals surface area (Å²) in [4.78, 5) is 12.7. The summed E-state index contributed by atoms with van der Waals surface area (Å²) in [6.45, 7) is 6.91. The number of hydrogen-bond acceptors (Lipinski definition) is 6. The van der Waals surface area contributed by atoms with Crippen LogP contribution < -0.4 is 16.0 Å². The highest BCUT2D eigenvalue weighted by Gasteiger charge is 2.28. The van der Waals surface area contributed by atoms with Gasteiger partial charge in [-0.15, -0.1) is 24.8 Å². The van der Waals surface area contributed by atoms with E-state index in [-0.39, 0.29) is 42.2 Å². The SMILES string of the molecule is CCC(Nc1nnnn1-c1ccccc1)C(=O)NCC1(C)CCNCC1.Cl.Cl. The molecule has 1 fully saturated rings. The maximum atomic E-state index is 12.7. The average molecular weight is 430 g/mol. The lowest BCUT2D eigenvalue weighted by Crippen LogP contribution is -2.47. The molecule has 0 spiro atoms. The van der Waals surface area contributed by atoms with Crippen molar-refractivity contribution in [3.05, 3.63) is 30.3 Å². The van der Waals surface area contributed by atoms with E-state index in [9.17, 15) is 4.79 Å². The summed E-state index contributed by atoms with van der Waals surface area (Å²) in [6, 6.07) is 9.23. The molecule has 1 amide bonds. The van der Waals surface area contributed by atoms with Crippen molar-refractivity contribution in [3.8, 4) is 5.69 Å². The number of carbonyl (C=O) groups excluding carboxylic acids is 1. The number of piperidine rings is 1. The standard InChI is InChI=1S/C18H27N7O.2ClH/c1-3-15(16(26)20-13-18(2)9-11-19-12-10-18)21-17-22-23-24-25(17)14-7-5-4-6-8-14;;/h4-8,15,19H,3,9-13H2,1-2H3,(H,20,26)(H,21,22,24);2*1H. The summed E-state index contributed by atoms with van der Waals surface area (Å²) in [5.74, 6) is 0.446. The second kappa shape index (κ2) is 11.2.